The van der Waals surface area contributed by atoms with Gasteiger partial charge in [-0.05, 0) is 37.1 Å². The second-order valence-corrected chi connectivity index (χ2v) is 4.80. The molecular formula is C14H13F3N2O3. The number of nitrogens with two attached hydrogens (primary N) is 1. The van der Waals surface area contributed by atoms with E-state index < -0.39 is 17.7 Å². The first-order valence-electron chi connectivity index (χ1n) is 6.39. The van der Waals surface area contributed by atoms with Gasteiger partial charge in [-0.25, -0.2) is 4.79 Å². The molecule has 3 N–H and O–H groups in total. The van der Waals surface area contributed by atoms with E-state index in [1.807, 2.05) is 0 Å². The fraction of sp³-hybridized carbons (Fsp3) is 0.286. The summed E-state index contributed by atoms with van der Waals surface area (Å²) in [6, 6.07) is 4.36. The summed E-state index contributed by atoms with van der Waals surface area (Å²) in [7, 11) is 0. The van der Waals surface area contributed by atoms with Gasteiger partial charge in [-0.1, -0.05) is 5.16 Å². The number of hydrogen-bond donors (Lipinski definition) is 2. The quantitative estimate of drug-likeness (QED) is 0.828. The molecule has 0 unspecified atom stereocenters. The predicted octanol–water partition coefficient (Wildman–Crippen LogP) is 3.54. The van der Waals surface area contributed by atoms with Crippen molar-refractivity contribution in [2.45, 2.75) is 24.9 Å². The van der Waals surface area contributed by atoms with Gasteiger partial charge in [-0.15, -0.1) is 0 Å². The molecule has 1 aromatic carbocycles. The highest BCUT2D eigenvalue weighted by Gasteiger charge is 2.32. The number of alkyl halides is 3. The normalized spacial score (nSPS) is 14.1. The smallest absolute Gasteiger partial charge is 0.416 e. The summed E-state index contributed by atoms with van der Waals surface area (Å²) >= 11 is 0. The van der Waals surface area contributed by atoms with Crippen molar-refractivity contribution in [3.8, 4) is 0 Å². The molecule has 0 bridgehead atoms. The molecule has 118 valence electrons. The molecule has 0 aliphatic heterocycles. The van der Waals surface area contributed by atoms with Gasteiger partial charge >= 0.3 is 12.1 Å². The van der Waals surface area contributed by atoms with Gasteiger partial charge in [0, 0.05) is 11.6 Å². The lowest BCUT2D eigenvalue weighted by molar-refractivity contribution is -0.137. The van der Waals surface area contributed by atoms with Gasteiger partial charge in [-0.2, -0.15) is 13.2 Å². The van der Waals surface area contributed by atoms with Crippen molar-refractivity contribution in [1.29, 1.82) is 0 Å². The van der Waals surface area contributed by atoms with Crippen molar-refractivity contribution in [3.05, 3.63) is 47.3 Å². The summed E-state index contributed by atoms with van der Waals surface area (Å²) < 4.78 is 40.5. The maximum atomic E-state index is 11.9. The van der Waals surface area contributed by atoms with Gasteiger partial charge in [0.2, 0.25) is 0 Å². The summed E-state index contributed by atoms with van der Waals surface area (Å²) in [5, 5.41) is 12.1. The number of carboxylic acid groups (broad SMARTS) is 1. The third-order valence-electron chi connectivity index (χ3n) is 3.01. The third-order valence-corrected chi connectivity index (χ3v) is 3.01. The number of carboxylic acids is 1. The van der Waals surface area contributed by atoms with E-state index in [-0.39, 0.29) is 5.56 Å². The van der Waals surface area contributed by atoms with E-state index in [9.17, 15) is 18.0 Å². The van der Waals surface area contributed by atoms with Crippen molar-refractivity contribution in [2.24, 2.45) is 0 Å². The summed E-state index contributed by atoms with van der Waals surface area (Å²) in [4.78, 5) is 10.5. The fourth-order valence-electron chi connectivity index (χ4n) is 1.72. The zero-order chi connectivity index (χ0) is 16.3. The van der Waals surface area contributed by atoms with Gasteiger partial charge < -0.3 is 15.4 Å². The molecule has 3 rings (SSSR count). The van der Waals surface area contributed by atoms with E-state index >= 15 is 0 Å². The molecule has 0 atom stereocenters. The molecule has 1 aliphatic rings. The Morgan fingerprint density at radius 3 is 2.32 bits per heavy atom. The van der Waals surface area contributed by atoms with E-state index in [1.165, 1.54) is 18.3 Å². The molecule has 0 amide bonds. The number of nitrogens with zero attached hydrogens (tertiary/aromatic N) is 1. The van der Waals surface area contributed by atoms with Gasteiger partial charge in [-0.3, -0.25) is 0 Å². The zero-order valence-electron chi connectivity index (χ0n) is 11.3. The minimum atomic E-state index is -4.27. The number of benzene rings is 1. The van der Waals surface area contributed by atoms with Crippen molar-refractivity contribution >= 4 is 11.7 Å². The van der Waals surface area contributed by atoms with Crippen LogP contribution < -0.4 is 5.73 Å². The Balaban J connectivity index is 0.000000160. The van der Waals surface area contributed by atoms with E-state index in [0.29, 0.717) is 17.4 Å². The Morgan fingerprint density at radius 2 is 1.86 bits per heavy atom. The minimum Gasteiger partial charge on any atom is -0.478 e. The van der Waals surface area contributed by atoms with Crippen LogP contribution in [0.15, 0.2) is 35.0 Å². The van der Waals surface area contributed by atoms with Crippen LogP contribution in [0, 0.1) is 0 Å². The second-order valence-electron chi connectivity index (χ2n) is 4.80. The lowest BCUT2D eigenvalue weighted by atomic mass is 10.2. The van der Waals surface area contributed by atoms with Crippen LogP contribution in [0.5, 0.6) is 0 Å². The predicted molar refractivity (Wildman–Crippen MR) is 71.3 cm³/mol. The highest BCUT2D eigenvalue weighted by Crippen LogP contribution is 2.41. The van der Waals surface area contributed by atoms with Crippen LogP contribution in [0.2, 0.25) is 0 Å². The third kappa shape index (κ3) is 4.00. The molecule has 1 aromatic heterocycles. The monoisotopic (exact) mass is 314 g/mol. The van der Waals surface area contributed by atoms with Crippen molar-refractivity contribution in [3.63, 3.8) is 0 Å². The number of hydrogen-bond acceptors (Lipinski definition) is 4. The van der Waals surface area contributed by atoms with Crippen LogP contribution in [0.1, 0.15) is 40.4 Å². The van der Waals surface area contributed by atoms with Crippen molar-refractivity contribution in [1.82, 2.24) is 5.16 Å². The van der Waals surface area contributed by atoms with Gasteiger partial charge in [0.25, 0.3) is 0 Å². The lowest BCUT2D eigenvalue weighted by Gasteiger charge is -2.05. The molecule has 1 heterocycles. The molecule has 0 saturated heterocycles. The fourth-order valence-corrected chi connectivity index (χ4v) is 1.72. The molecular weight excluding hydrogens is 301 g/mol. The van der Waals surface area contributed by atoms with Crippen LogP contribution in [0.25, 0.3) is 0 Å². The number of aromatic carboxylic acids is 1. The largest absolute Gasteiger partial charge is 0.478 e. The molecule has 1 aliphatic carbocycles. The zero-order valence-corrected chi connectivity index (χ0v) is 11.3. The number of aromatic nitrogens is 1. The van der Waals surface area contributed by atoms with Crippen LogP contribution in [-0.4, -0.2) is 16.2 Å². The Kier molecular flexibility index (Phi) is 4.39. The molecule has 8 heteroatoms. The van der Waals surface area contributed by atoms with Gasteiger partial charge in [0.15, 0.2) is 5.76 Å². The van der Waals surface area contributed by atoms with E-state index in [1.54, 1.807) is 0 Å². The standard InChI is InChI=1S/C7H6F3N.C7H7NO3/c8-7(9,10)5-1-3-6(11)4-2-5;9-7(10)5-3-8-11-6(5)4-1-2-4/h1-4H,11H2;3-4H,1-2H2,(H,9,10). The Hall–Kier alpha value is -2.51. The summed E-state index contributed by atoms with van der Waals surface area (Å²) in [5.74, 6) is -0.103. The number of halogens is 3. The first-order chi connectivity index (χ1) is 10.3. The molecule has 2 aromatic rings. The first kappa shape index (κ1) is 15.9. The number of nitrogen functional groups attached to an aromatic ring is 1. The van der Waals surface area contributed by atoms with Crippen LogP contribution in [0.4, 0.5) is 18.9 Å². The van der Waals surface area contributed by atoms with Crippen LogP contribution in [0.3, 0.4) is 0 Å². The molecule has 0 spiro atoms. The van der Waals surface area contributed by atoms with E-state index in [0.717, 1.165) is 25.0 Å². The average Bonchev–Trinajstić information content (AvgIpc) is 3.15. The SMILES string of the molecule is Nc1ccc(C(F)(F)F)cc1.O=C(O)c1cnoc1C1CC1. The molecule has 1 fully saturated rings. The molecule has 22 heavy (non-hydrogen) atoms. The maximum absolute atomic E-state index is 11.9. The second kappa shape index (κ2) is 6.08. The van der Waals surface area contributed by atoms with E-state index in [4.69, 9.17) is 15.4 Å². The molecule has 0 radical (unpaired) electrons. The Bertz CT molecular complexity index is 646. The summed E-state index contributed by atoms with van der Waals surface area (Å²) in [5.41, 5.74) is 5.08. The topological polar surface area (TPSA) is 89.4 Å². The summed E-state index contributed by atoms with van der Waals surface area (Å²) in [6.45, 7) is 0. The first-order valence-corrected chi connectivity index (χ1v) is 6.39. The summed E-state index contributed by atoms with van der Waals surface area (Å²) in [6.07, 6.45) is -0.964. The molecule has 1 saturated carbocycles. The molecule has 5 nitrogen and oxygen atoms in total. The van der Waals surface area contributed by atoms with Crippen molar-refractivity contribution in [2.75, 3.05) is 5.73 Å². The van der Waals surface area contributed by atoms with E-state index in [2.05, 4.69) is 5.16 Å². The van der Waals surface area contributed by atoms with Crippen LogP contribution in [-0.2, 0) is 6.18 Å². The van der Waals surface area contributed by atoms with Gasteiger partial charge in [0.1, 0.15) is 5.56 Å². The highest BCUT2D eigenvalue weighted by atomic mass is 19.4. The van der Waals surface area contributed by atoms with Crippen LogP contribution >= 0.6 is 0 Å². The van der Waals surface area contributed by atoms with Gasteiger partial charge in [0.05, 0.1) is 11.8 Å². The van der Waals surface area contributed by atoms with Crippen molar-refractivity contribution < 1.29 is 27.6 Å². The number of rotatable bonds is 2. The minimum absolute atomic E-state index is 0.215. The average molecular weight is 314 g/mol. The Labute approximate surface area is 123 Å². The lowest BCUT2D eigenvalue weighted by Crippen LogP contribution is -2.04. The highest BCUT2D eigenvalue weighted by molar-refractivity contribution is 5.88. The Morgan fingerprint density at radius 1 is 1.27 bits per heavy atom. The maximum Gasteiger partial charge on any atom is 0.416 e. The number of anilines is 1. The number of carbonyl (C=O) groups is 1.